The van der Waals surface area contributed by atoms with Gasteiger partial charge in [-0.15, -0.1) is 0 Å². The van der Waals surface area contributed by atoms with Gasteiger partial charge in [0.05, 0.1) is 5.52 Å². The van der Waals surface area contributed by atoms with Crippen molar-refractivity contribution in [1.82, 2.24) is 9.47 Å². The Hall–Kier alpha value is -2.03. The zero-order chi connectivity index (χ0) is 17.4. The molecule has 0 fully saturated rings. The molecule has 0 saturated carbocycles. The normalized spacial score (nSPS) is 15.6. The number of fused-ring (bicyclic) bond motifs is 3. The van der Waals surface area contributed by atoms with Crippen LogP contribution < -0.4 is 0 Å². The summed E-state index contributed by atoms with van der Waals surface area (Å²) in [6.45, 7) is 4.41. The first-order valence-electron chi connectivity index (χ1n) is 8.86. The van der Waals surface area contributed by atoms with Crippen molar-refractivity contribution in [2.45, 2.75) is 19.8 Å². The average Bonchev–Trinajstić information content (AvgIpc) is 2.75. The molecule has 0 radical (unpaired) electrons. The third-order valence-electron chi connectivity index (χ3n) is 5.14. The lowest BCUT2D eigenvalue weighted by atomic mass is 10.1. The van der Waals surface area contributed by atoms with Crippen molar-refractivity contribution < 1.29 is 0 Å². The third kappa shape index (κ3) is 3.24. The minimum absolute atomic E-state index is 0.774. The number of hydrogen-bond donors (Lipinski definition) is 0. The van der Waals surface area contributed by atoms with E-state index in [1.54, 1.807) is 0 Å². The molecular weight excluding hydrogens is 328 g/mol. The molecule has 2 nitrogen and oxygen atoms in total. The summed E-state index contributed by atoms with van der Waals surface area (Å²) in [5, 5.41) is 2.18. The van der Waals surface area contributed by atoms with E-state index >= 15 is 0 Å². The van der Waals surface area contributed by atoms with E-state index in [2.05, 4.69) is 66.0 Å². The lowest BCUT2D eigenvalue weighted by Gasteiger charge is -2.12. The highest BCUT2D eigenvalue weighted by atomic mass is 35.5. The molecule has 1 aromatic heterocycles. The number of likely N-dealkylation sites (N-methyl/N-ethyl adjacent to an activating group) is 1. The Morgan fingerprint density at radius 3 is 2.56 bits per heavy atom. The quantitative estimate of drug-likeness (QED) is 0.612. The summed E-state index contributed by atoms with van der Waals surface area (Å²) in [7, 11) is 2.22. The third-order valence-corrected chi connectivity index (χ3v) is 5.39. The van der Waals surface area contributed by atoms with Crippen LogP contribution in [0.1, 0.15) is 22.4 Å². The molecular formula is C22H23ClN2. The fourth-order valence-electron chi connectivity index (χ4n) is 3.71. The number of nitrogens with zero attached hydrogens (tertiary/aromatic N) is 2. The second-order valence-electron chi connectivity index (χ2n) is 6.99. The molecule has 0 unspecified atom stereocenters. The molecule has 0 aliphatic carbocycles. The van der Waals surface area contributed by atoms with Gasteiger partial charge in [0.1, 0.15) is 0 Å². The van der Waals surface area contributed by atoms with Crippen molar-refractivity contribution in [3.63, 3.8) is 0 Å². The van der Waals surface area contributed by atoms with Crippen LogP contribution in [0.2, 0.25) is 5.02 Å². The summed E-state index contributed by atoms with van der Waals surface area (Å²) < 4.78 is 2.39. The maximum atomic E-state index is 6.00. The lowest BCUT2D eigenvalue weighted by Crippen LogP contribution is -2.21. The smallest absolute Gasteiger partial charge is 0.0528 e. The molecule has 25 heavy (non-hydrogen) atoms. The Morgan fingerprint density at radius 1 is 1.00 bits per heavy atom. The second kappa shape index (κ2) is 6.70. The zero-order valence-corrected chi connectivity index (χ0v) is 15.6. The van der Waals surface area contributed by atoms with Crippen molar-refractivity contribution in [1.29, 1.82) is 0 Å². The van der Waals surface area contributed by atoms with Gasteiger partial charge in [-0.3, -0.25) is 0 Å². The maximum Gasteiger partial charge on any atom is 0.0528 e. The summed E-state index contributed by atoms with van der Waals surface area (Å²) in [5.74, 6) is 0. The standard InChI is InChI=1S/C22H23ClN2/c1-16-3-8-21-20(15-16)19-10-12-24(2)13-11-22(19)25(21)14-9-17-4-6-18(23)7-5-17/h3-9,14-15H,10-13H2,1-2H3/b14-9+. The summed E-state index contributed by atoms with van der Waals surface area (Å²) in [6, 6.07) is 14.8. The Balaban J connectivity index is 1.83. The van der Waals surface area contributed by atoms with Gasteiger partial charge in [0, 0.05) is 41.8 Å². The fourth-order valence-corrected chi connectivity index (χ4v) is 3.84. The van der Waals surface area contributed by atoms with Crippen LogP contribution in [0.15, 0.2) is 42.5 Å². The molecule has 2 aromatic carbocycles. The van der Waals surface area contributed by atoms with Crippen LogP contribution in [-0.4, -0.2) is 29.6 Å². The first-order valence-corrected chi connectivity index (χ1v) is 9.24. The molecule has 0 bridgehead atoms. The van der Waals surface area contributed by atoms with Gasteiger partial charge in [-0.25, -0.2) is 0 Å². The van der Waals surface area contributed by atoms with Crippen LogP contribution in [0.5, 0.6) is 0 Å². The first-order chi connectivity index (χ1) is 12.1. The van der Waals surface area contributed by atoms with Crippen molar-refractivity contribution in [2.24, 2.45) is 0 Å². The number of rotatable bonds is 2. The van der Waals surface area contributed by atoms with E-state index in [0.717, 1.165) is 36.5 Å². The van der Waals surface area contributed by atoms with E-state index in [1.807, 2.05) is 12.1 Å². The average molecular weight is 351 g/mol. The molecule has 0 amide bonds. The molecule has 128 valence electrons. The topological polar surface area (TPSA) is 8.17 Å². The highest BCUT2D eigenvalue weighted by Gasteiger charge is 2.19. The molecule has 1 aliphatic heterocycles. The minimum atomic E-state index is 0.774. The van der Waals surface area contributed by atoms with Crippen molar-refractivity contribution >= 4 is 34.8 Å². The maximum absolute atomic E-state index is 6.00. The van der Waals surface area contributed by atoms with Gasteiger partial charge >= 0.3 is 0 Å². The Labute approximate surface area is 154 Å². The largest absolute Gasteiger partial charge is 0.320 e. The number of benzene rings is 2. The molecule has 0 N–H and O–H groups in total. The van der Waals surface area contributed by atoms with Gasteiger partial charge in [-0.05, 0) is 61.9 Å². The molecule has 4 rings (SSSR count). The van der Waals surface area contributed by atoms with Crippen LogP contribution in [-0.2, 0) is 12.8 Å². The molecule has 3 aromatic rings. The van der Waals surface area contributed by atoms with E-state index in [0.29, 0.717) is 0 Å². The molecule has 0 spiro atoms. The van der Waals surface area contributed by atoms with Crippen LogP contribution >= 0.6 is 11.6 Å². The predicted molar refractivity (Wildman–Crippen MR) is 108 cm³/mol. The van der Waals surface area contributed by atoms with Crippen LogP contribution in [0.4, 0.5) is 0 Å². The van der Waals surface area contributed by atoms with Gasteiger partial charge < -0.3 is 9.47 Å². The fraction of sp³-hybridized carbons (Fsp3) is 0.273. The summed E-state index contributed by atoms with van der Waals surface area (Å²) in [5.41, 5.74) is 6.77. The molecule has 3 heteroatoms. The second-order valence-corrected chi connectivity index (χ2v) is 7.42. The van der Waals surface area contributed by atoms with Gasteiger partial charge in [0.25, 0.3) is 0 Å². The number of hydrogen-bond acceptors (Lipinski definition) is 1. The summed E-state index contributed by atoms with van der Waals surface area (Å²) >= 11 is 6.00. The first kappa shape index (κ1) is 16.4. The monoisotopic (exact) mass is 350 g/mol. The van der Waals surface area contributed by atoms with E-state index in [4.69, 9.17) is 11.6 Å². The van der Waals surface area contributed by atoms with Gasteiger partial charge in [-0.1, -0.05) is 35.4 Å². The van der Waals surface area contributed by atoms with Crippen LogP contribution in [0.25, 0.3) is 23.2 Å². The number of aryl methyl sites for hydroxylation is 1. The van der Waals surface area contributed by atoms with Crippen LogP contribution in [0.3, 0.4) is 0 Å². The number of halogens is 1. The zero-order valence-electron chi connectivity index (χ0n) is 14.8. The van der Waals surface area contributed by atoms with Gasteiger partial charge in [0.2, 0.25) is 0 Å². The lowest BCUT2D eigenvalue weighted by molar-refractivity contribution is 0.351. The molecule has 0 atom stereocenters. The van der Waals surface area contributed by atoms with Gasteiger partial charge in [-0.2, -0.15) is 0 Å². The van der Waals surface area contributed by atoms with E-state index < -0.39 is 0 Å². The molecule has 2 heterocycles. The van der Waals surface area contributed by atoms with E-state index in [1.165, 1.54) is 27.7 Å². The van der Waals surface area contributed by atoms with Crippen LogP contribution in [0, 0.1) is 6.92 Å². The highest BCUT2D eigenvalue weighted by Crippen LogP contribution is 2.30. The van der Waals surface area contributed by atoms with Crippen molar-refractivity contribution in [3.05, 3.63) is 69.9 Å². The summed E-state index contributed by atoms with van der Waals surface area (Å²) in [4.78, 5) is 2.43. The molecule has 0 saturated heterocycles. The van der Waals surface area contributed by atoms with E-state index in [-0.39, 0.29) is 0 Å². The predicted octanol–water partition coefficient (Wildman–Crippen LogP) is 5.26. The SMILES string of the molecule is Cc1ccc2c(c1)c1c(n2/C=C/c2ccc(Cl)cc2)CCN(C)CC1. The molecule has 1 aliphatic rings. The Kier molecular flexibility index (Phi) is 4.41. The van der Waals surface area contributed by atoms with E-state index in [9.17, 15) is 0 Å². The summed E-state index contributed by atoms with van der Waals surface area (Å²) in [6.07, 6.45) is 6.59. The minimum Gasteiger partial charge on any atom is -0.320 e. The highest BCUT2D eigenvalue weighted by molar-refractivity contribution is 6.30. The Morgan fingerprint density at radius 2 is 1.76 bits per heavy atom. The van der Waals surface area contributed by atoms with Gasteiger partial charge in [0.15, 0.2) is 0 Å². The van der Waals surface area contributed by atoms with Crippen molar-refractivity contribution in [2.75, 3.05) is 20.1 Å². The van der Waals surface area contributed by atoms with Crippen molar-refractivity contribution in [3.8, 4) is 0 Å². The Bertz CT molecular complexity index is 935. The number of aromatic nitrogens is 1.